The Morgan fingerprint density at radius 3 is 2.05 bits per heavy atom. The van der Waals surface area contributed by atoms with Crippen LogP contribution in [0.5, 0.6) is 17.2 Å². The van der Waals surface area contributed by atoms with E-state index in [4.69, 9.17) is 14.2 Å². The van der Waals surface area contributed by atoms with Gasteiger partial charge in [0.2, 0.25) is 0 Å². The van der Waals surface area contributed by atoms with E-state index in [2.05, 4.69) is 30.3 Å². The molecule has 0 heterocycles. The molecule has 0 unspecified atom stereocenters. The highest BCUT2D eigenvalue weighted by atomic mass is 16.5. The SMILES string of the molecule is COc1cc(/C=C/C(=O)[O-])cc(OC)c1-c1ccc(OCc2ccccc2)c(C23CC4CC(CC(C4)C2)C3)c1. The lowest BCUT2D eigenvalue weighted by Gasteiger charge is -2.57. The first kappa shape index (κ1) is 25.5. The van der Waals surface area contributed by atoms with Crippen LogP contribution in [-0.2, 0) is 16.8 Å². The summed E-state index contributed by atoms with van der Waals surface area (Å²) in [7, 11) is 3.25. The molecule has 4 bridgehead atoms. The molecule has 0 aromatic heterocycles. The van der Waals surface area contributed by atoms with Gasteiger partial charge in [-0.1, -0.05) is 42.5 Å². The molecule has 0 aliphatic heterocycles. The molecule has 3 aromatic rings. The van der Waals surface area contributed by atoms with Gasteiger partial charge in [-0.2, -0.15) is 0 Å². The summed E-state index contributed by atoms with van der Waals surface area (Å²) in [6, 6.07) is 20.5. The van der Waals surface area contributed by atoms with Crippen LogP contribution in [0.1, 0.15) is 55.2 Å². The number of rotatable bonds is 9. The molecule has 0 radical (unpaired) electrons. The van der Waals surface area contributed by atoms with Gasteiger partial charge >= 0.3 is 0 Å². The van der Waals surface area contributed by atoms with Gasteiger partial charge < -0.3 is 24.1 Å². The van der Waals surface area contributed by atoms with Crippen LogP contribution >= 0.6 is 0 Å². The van der Waals surface area contributed by atoms with Gasteiger partial charge in [-0.3, -0.25) is 0 Å². The van der Waals surface area contributed by atoms with Crippen molar-refractivity contribution < 1.29 is 24.1 Å². The molecule has 4 aliphatic carbocycles. The molecule has 0 spiro atoms. The first-order valence-electron chi connectivity index (χ1n) is 13.9. The van der Waals surface area contributed by atoms with E-state index in [1.165, 1.54) is 50.2 Å². The van der Waals surface area contributed by atoms with Crippen LogP contribution in [0.3, 0.4) is 0 Å². The number of carbonyl (C=O) groups is 1. The minimum absolute atomic E-state index is 0.133. The second kappa shape index (κ2) is 10.4. The number of hydrogen-bond acceptors (Lipinski definition) is 5. The van der Waals surface area contributed by atoms with Crippen molar-refractivity contribution >= 4 is 12.0 Å². The average molecular weight is 524 g/mol. The first-order valence-corrected chi connectivity index (χ1v) is 13.9. The Hall–Kier alpha value is -3.73. The van der Waals surface area contributed by atoms with Crippen LogP contribution in [-0.4, -0.2) is 20.2 Å². The summed E-state index contributed by atoms with van der Waals surface area (Å²) in [6.07, 6.45) is 10.3. The van der Waals surface area contributed by atoms with Gasteiger partial charge in [0, 0.05) is 5.56 Å². The highest BCUT2D eigenvalue weighted by molar-refractivity contribution is 5.85. The fourth-order valence-corrected chi connectivity index (χ4v) is 7.88. The highest BCUT2D eigenvalue weighted by Crippen LogP contribution is 2.62. The third kappa shape index (κ3) is 5.03. The molecule has 0 atom stereocenters. The van der Waals surface area contributed by atoms with Crippen LogP contribution in [0.25, 0.3) is 17.2 Å². The van der Waals surface area contributed by atoms with Crippen LogP contribution in [0, 0.1) is 17.8 Å². The van der Waals surface area contributed by atoms with Crippen molar-refractivity contribution in [2.75, 3.05) is 14.2 Å². The Labute approximate surface area is 230 Å². The Balaban J connectivity index is 1.44. The molecular formula is C34H35O5-. The van der Waals surface area contributed by atoms with Crippen molar-refractivity contribution in [3.8, 4) is 28.4 Å². The van der Waals surface area contributed by atoms with Crippen molar-refractivity contribution in [3.63, 3.8) is 0 Å². The maximum Gasteiger partial charge on any atom is 0.131 e. The summed E-state index contributed by atoms with van der Waals surface area (Å²) < 4.78 is 18.2. The molecule has 4 aliphatic rings. The molecule has 0 N–H and O–H groups in total. The molecule has 3 aromatic carbocycles. The summed E-state index contributed by atoms with van der Waals surface area (Å²) in [5, 5.41) is 11.0. The minimum Gasteiger partial charge on any atom is -0.545 e. The van der Waals surface area contributed by atoms with Crippen LogP contribution in [0.15, 0.2) is 66.7 Å². The van der Waals surface area contributed by atoms with Gasteiger partial charge in [0.25, 0.3) is 0 Å². The Kier molecular flexibility index (Phi) is 6.84. The fraction of sp³-hybridized carbons (Fsp3) is 0.382. The van der Waals surface area contributed by atoms with E-state index < -0.39 is 5.97 Å². The molecule has 202 valence electrons. The smallest absolute Gasteiger partial charge is 0.131 e. The predicted octanol–water partition coefficient (Wildman–Crippen LogP) is 6.18. The standard InChI is InChI=1S/C34H36O5/c1-37-30-15-23(8-11-32(35)36)16-31(38-2)33(30)27-9-10-29(39-21-22-6-4-3-5-7-22)28(17-27)34-18-24-12-25(19-34)14-26(13-24)20-34/h3-11,15-17,24-26H,12-14,18-21H2,1-2H3,(H,35,36)/p-1/b11-8+. The maximum atomic E-state index is 11.0. The lowest BCUT2D eigenvalue weighted by molar-refractivity contribution is -0.297. The number of ether oxygens (including phenoxy) is 3. The van der Waals surface area contributed by atoms with E-state index in [-0.39, 0.29) is 5.41 Å². The summed E-state index contributed by atoms with van der Waals surface area (Å²) in [6.45, 7) is 0.533. The number of carboxylic acids is 1. The number of benzene rings is 3. The van der Waals surface area contributed by atoms with E-state index in [0.717, 1.165) is 46.3 Å². The number of aliphatic carboxylic acids is 1. The second-order valence-corrected chi connectivity index (χ2v) is 11.6. The quantitative estimate of drug-likeness (QED) is 0.313. The molecule has 5 heteroatoms. The minimum atomic E-state index is -1.25. The number of hydrogen-bond donors (Lipinski definition) is 0. The summed E-state index contributed by atoms with van der Waals surface area (Å²) in [5.74, 6) is 3.39. The Morgan fingerprint density at radius 2 is 1.49 bits per heavy atom. The van der Waals surface area contributed by atoms with Crippen LogP contribution in [0.4, 0.5) is 0 Å². The first-order chi connectivity index (χ1) is 19.0. The average Bonchev–Trinajstić information content (AvgIpc) is 2.94. The Morgan fingerprint density at radius 1 is 0.872 bits per heavy atom. The summed E-state index contributed by atoms with van der Waals surface area (Å²) in [5.41, 5.74) is 5.12. The Bertz CT molecular complexity index is 1330. The second-order valence-electron chi connectivity index (χ2n) is 11.6. The van der Waals surface area contributed by atoms with E-state index >= 15 is 0 Å². The van der Waals surface area contributed by atoms with Crippen molar-refractivity contribution in [3.05, 3.63) is 83.4 Å². The van der Waals surface area contributed by atoms with Gasteiger partial charge in [-0.25, -0.2) is 0 Å². The van der Waals surface area contributed by atoms with Crippen molar-refractivity contribution in [1.82, 2.24) is 0 Å². The predicted molar refractivity (Wildman–Crippen MR) is 150 cm³/mol. The molecule has 39 heavy (non-hydrogen) atoms. The third-order valence-electron chi connectivity index (χ3n) is 9.06. The summed E-state index contributed by atoms with van der Waals surface area (Å²) in [4.78, 5) is 11.0. The van der Waals surface area contributed by atoms with E-state index in [1.807, 2.05) is 30.3 Å². The fourth-order valence-electron chi connectivity index (χ4n) is 7.88. The maximum absolute atomic E-state index is 11.0. The zero-order valence-electron chi connectivity index (χ0n) is 22.7. The van der Waals surface area contributed by atoms with Gasteiger partial charge in [0.05, 0.1) is 25.8 Å². The van der Waals surface area contributed by atoms with Gasteiger partial charge in [-0.15, -0.1) is 0 Å². The van der Waals surface area contributed by atoms with Crippen LogP contribution in [0.2, 0.25) is 0 Å². The van der Waals surface area contributed by atoms with Crippen molar-refractivity contribution in [2.45, 2.75) is 50.5 Å². The normalized spacial score (nSPS) is 25.1. The third-order valence-corrected chi connectivity index (χ3v) is 9.06. The zero-order chi connectivity index (χ0) is 27.0. The topological polar surface area (TPSA) is 67.8 Å². The van der Waals surface area contributed by atoms with Gasteiger partial charge in [0.15, 0.2) is 0 Å². The molecule has 7 rings (SSSR count). The van der Waals surface area contributed by atoms with Crippen LogP contribution < -0.4 is 19.3 Å². The van der Waals surface area contributed by atoms with E-state index in [0.29, 0.717) is 23.7 Å². The number of carboxylic acid groups (broad SMARTS) is 1. The van der Waals surface area contributed by atoms with Gasteiger partial charge in [-0.05, 0) is 109 Å². The molecule has 4 fully saturated rings. The van der Waals surface area contributed by atoms with E-state index in [9.17, 15) is 9.90 Å². The largest absolute Gasteiger partial charge is 0.545 e. The number of carbonyl (C=O) groups excluding carboxylic acids is 1. The van der Waals surface area contributed by atoms with Crippen molar-refractivity contribution in [1.29, 1.82) is 0 Å². The lowest BCUT2D eigenvalue weighted by Crippen LogP contribution is -2.48. The highest BCUT2D eigenvalue weighted by Gasteiger charge is 2.52. The molecule has 5 nitrogen and oxygen atoms in total. The van der Waals surface area contributed by atoms with E-state index in [1.54, 1.807) is 14.2 Å². The monoisotopic (exact) mass is 523 g/mol. The molecule has 0 amide bonds. The summed E-state index contributed by atoms with van der Waals surface area (Å²) >= 11 is 0. The van der Waals surface area contributed by atoms with Crippen molar-refractivity contribution in [2.24, 2.45) is 17.8 Å². The number of methoxy groups -OCH3 is 2. The molecular weight excluding hydrogens is 488 g/mol. The lowest BCUT2D eigenvalue weighted by atomic mass is 9.48. The molecule has 4 saturated carbocycles. The molecule has 0 saturated heterocycles. The van der Waals surface area contributed by atoms with Gasteiger partial charge in [0.1, 0.15) is 23.9 Å². The zero-order valence-corrected chi connectivity index (χ0v) is 22.7.